The Morgan fingerprint density at radius 2 is 2.25 bits per heavy atom. The average Bonchev–Trinajstić information content (AvgIpc) is 2.76. The summed E-state index contributed by atoms with van der Waals surface area (Å²) in [6, 6.07) is 7.55. The maximum atomic E-state index is 13.7. The van der Waals surface area contributed by atoms with Gasteiger partial charge >= 0.3 is 5.97 Å². The van der Waals surface area contributed by atoms with Crippen LogP contribution in [0, 0.1) is 17.1 Å². The zero-order chi connectivity index (χ0) is 14.7. The molecule has 0 saturated carbocycles. The Morgan fingerprint density at radius 1 is 1.55 bits per heavy atom. The highest BCUT2D eigenvalue weighted by molar-refractivity contribution is 5.92. The summed E-state index contributed by atoms with van der Waals surface area (Å²) in [5.41, 5.74) is 5.45. The Bertz CT molecular complexity index is 703. The van der Waals surface area contributed by atoms with Crippen LogP contribution < -0.4 is 5.73 Å². The summed E-state index contributed by atoms with van der Waals surface area (Å²) >= 11 is 0. The molecule has 2 aromatic rings. The van der Waals surface area contributed by atoms with E-state index < -0.39 is 11.8 Å². The quantitative estimate of drug-likeness (QED) is 0.859. The van der Waals surface area contributed by atoms with Crippen molar-refractivity contribution in [3.8, 4) is 11.8 Å². The van der Waals surface area contributed by atoms with Crippen molar-refractivity contribution in [2.45, 2.75) is 6.92 Å². The highest BCUT2D eigenvalue weighted by atomic mass is 19.1. The fourth-order valence-electron chi connectivity index (χ4n) is 1.69. The number of carbonyl (C=O) groups excluding carboxylic acids is 1. The van der Waals surface area contributed by atoms with E-state index in [0.717, 1.165) is 4.68 Å². The molecule has 0 aliphatic heterocycles. The number of para-hydroxylation sites is 1. The highest BCUT2D eigenvalue weighted by Crippen LogP contribution is 2.22. The summed E-state index contributed by atoms with van der Waals surface area (Å²) in [7, 11) is 0. The molecular formula is C13H11FN4O2. The second-order valence-corrected chi connectivity index (χ2v) is 3.80. The molecule has 1 aromatic heterocycles. The van der Waals surface area contributed by atoms with E-state index in [4.69, 9.17) is 15.7 Å². The number of hydrogen-bond acceptors (Lipinski definition) is 5. The van der Waals surface area contributed by atoms with E-state index in [1.807, 2.05) is 0 Å². The normalized spacial score (nSPS) is 10.1. The number of hydrogen-bond donors (Lipinski definition) is 1. The van der Waals surface area contributed by atoms with Crippen molar-refractivity contribution in [3.63, 3.8) is 0 Å². The predicted octanol–water partition coefficient (Wildman–Crippen LogP) is 1.64. The fourth-order valence-corrected chi connectivity index (χ4v) is 1.69. The predicted molar refractivity (Wildman–Crippen MR) is 68.6 cm³/mol. The van der Waals surface area contributed by atoms with E-state index in [-0.39, 0.29) is 29.4 Å². The van der Waals surface area contributed by atoms with Gasteiger partial charge < -0.3 is 10.5 Å². The number of carbonyl (C=O) groups is 1. The summed E-state index contributed by atoms with van der Waals surface area (Å²) in [4.78, 5) is 11.7. The van der Waals surface area contributed by atoms with E-state index in [2.05, 4.69) is 5.10 Å². The van der Waals surface area contributed by atoms with Gasteiger partial charge in [0.25, 0.3) is 0 Å². The van der Waals surface area contributed by atoms with Crippen LogP contribution >= 0.6 is 0 Å². The number of aromatic nitrogens is 2. The molecule has 0 saturated heterocycles. The second kappa shape index (κ2) is 5.40. The van der Waals surface area contributed by atoms with Crippen LogP contribution in [0.1, 0.15) is 23.0 Å². The van der Waals surface area contributed by atoms with E-state index in [1.54, 1.807) is 19.1 Å². The van der Waals surface area contributed by atoms with Crippen molar-refractivity contribution >= 4 is 11.8 Å². The molecule has 0 bridgehead atoms. The van der Waals surface area contributed by atoms with Crippen LogP contribution in [0.25, 0.3) is 5.69 Å². The smallest absolute Gasteiger partial charge is 0.360 e. The van der Waals surface area contributed by atoms with Crippen molar-refractivity contribution in [1.82, 2.24) is 9.78 Å². The first-order valence-electron chi connectivity index (χ1n) is 5.80. The number of anilines is 1. The van der Waals surface area contributed by atoms with Gasteiger partial charge in [0.05, 0.1) is 6.61 Å². The Morgan fingerprint density at radius 3 is 2.85 bits per heavy atom. The first kappa shape index (κ1) is 13.5. The molecule has 0 amide bonds. The lowest BCUT2D eigenvalue weighted by atomic mass is 10.2. The van der Waals surface area contributed by atoms with Crippen molar-refractivity contribution in [2.24, 2.45) is 0 Å². The van der Waals surface area contributed by atoms with Crippen LogP contribution in [-0.2, 0) is 4.74 Å². The SMILES string of the molecule is CCOC(=O)c1nn(-c2ccccc2F)c(N)c1C#N. The van der Waals surface area contributed by atoms with Crippen LogP contribution in [0.3, 0.4) is 0 Å². The number of ether oxygens (including phenoxy) is 1. The average molecular weight is 274 g/mol. The summed E-state index contributed by atoms with van der Waals surface area (Å²) in [6.07, 6.45) is 0. The molecule has 0 aliphatic rings. The molecule has 7 heteroatoms. The van der Waals surface area contributed by atoms with Gasteiger partial charge in [-0.15, -0.1) is 0 Å². The lowest BCUT2D eigenvalue weighted by Crippen LogP contribution is -2.08. The van der Waals surface area contributed by atoms with Gasteiger partial charge in [-0.3, -0.25) is 0 Å². The molecule has 0 atom stereocenters. The first-order valence-corrected chi connectivity index (χ1v) is 5.80. The van der Waals surface area contributed by atoms with Gasteiger partial charge in [-0.2, -0.15) is 10.4 Å². The molecule has 1 heterocycles. The zero-order valence-electron chi connectivity index (χ0n) is 10.6. The Labute approximate surface area is 114 Å². The third-order valence-electron chi connectivity index (χ3n) is 2.58. The minimum atomic E-state index is -0.772. The first-order chi connectivity index (χ1) is 9.60. The lowest BCUT2D eigenvalue weighted by molar-refractivity contribution is 0.0518. The third-order valence-corrected chi connectivity index (χ3v) is 2.58. The summed E-state index contributed by atoms with van der Waals surface area (Å²) in [5, 5.41) is 12.9. The minimum Gasteiger partial charge on any atom is -0.461 e. The molecule has 0 aliphatic carbocycles. The van der Waals surface area contributed by atoms with E-state index in [1.165, 1.54) is 18.2 Å². The number of halogens is 1. The summed E-state index contributed by atoms with van der Waals surface area (Å²) in [6.45, 7) is 1.76. The number of nitriles is 1. The Balaban J connectivity index is 2.60. The molecular weight excluding hydrogens is 263 g/mol. The molecule has 2 rings (SSSR count). The van der Waals surface area contributed by atoms with Gasteiger partial charge in [0.15, 0.2) is 5.69 Å². The standard InChI is InChI=1S/C13H11FN4O2/c1-2-20-13(19)11-8(7-15)12(16)18(17-11)10-6-4-3-5-9(10)14/h3-6H,2,16H2,1H3. The molecule has 0 fully saturated rings. The van der Waals surface area contributed by atoms with E-state index >= 15 is 0 Å². The van der Waals surface area contributed by atoms with Gasteiger partial charge in [0.2, 0.25) is 0 Å². The van der Waals surface area contributed by atoms with Gasteiger partial charge in [0, 0.05) is 0 Å². The fraction of sp³-hybridized carbons (Fsp3) is 0.154. The number of esters is 1. The van der Waals surface area contributed by atoms with Crippen molar-refractivity contribution in [2.75, 3.05) is 12.3 Å². The van der Waals surface area contributed by atoms with Gasteiger partial charge in [-0.25, -0.2) is 13.9 Å². The van der Waals surface area contributed by atoms with Crippen LogP contribution in [0.2, 0.25) is 0 Å². The molecule has 20 heavy (non-hydrogen) atoms. The molecule has 0 radical (unpaired) electrons. The van der Waals surface area contributed by atoms with E-state index in [9.17, 15) is 9.18 Å². The lowest BCUT2D eigenvalue weighted by Gasteiger charge is -2.04. The Hall–Kier alpha value is -2.88. The van der Waals surface area contributed by atoms with Crippen LogP contribution in [-0.4, -0.2) is 22.4 Å². The molecule has 2 N–H and O–H groups in total. The molecule has 0 spiro atoms. The summed E-state index contributed by atoms with van der Waals surface area (Å²) < 4.78 is 19.5. The van der Waals surface area contributed by atoms with Crippen molar-refractivity contribution < 1.29 is 13.9 Å². The number of rotatable bonds is 3. The van der Waals surface area contributed by atoms with Gasteiger partial charge in [-0.1, -0.05) is 12.1 Å². The molecule has 6 nitrogen and oxygen atoms in total. The summed E-state index contributed by atoms with van der Waals surface area (Å²) in [5.74, 6) is -1.45. The van der Waals surface area contributed by atoms with E-state index in [0.29, 0.717) is 0 Å². The largest absolute Gasteiger partial charge is 0.461 e. The van der Waals surface area contributed by atoms with Crippen molar-refractivity contribution in [3.05, 3.63) is 41.3 Å². The monoisotopic (exact) mass is 274 g/mol. The van der Waals surface area contributed by atoms with Gasteiger partial charge in [-0.05, 0) is 19.1 Å². The number of nitrogens with zero attached hydrogens (tertiary/aromatic N) is 3. The molecule has 1 aromatic carbocycles. The van der Waals surface area contributed by atoms with Crippen LogP contribution in [0.15, 0.2) is 24.3 Å². The van der Waals surface area contributed by atoms with Crippen molar-refractivity contribution in [1.29, 1.82) is 5.26 Å². The number of nitrogens with two attached hydrogens (primary N) is 1. The number of nitrogen functional groups attached to an aromatic ring is 1. The zero-order valence-corrected chi connectivity index (χ0v) is 10.6. The maximum absolute atomic E-state index is 13.7. The van der Waals surface area contributed by atoms with Crippen LogP contribution in [0.4, 0.5) is 10.2 Å². The molecule has 102 valence electrons. The van der Waals surface area contributed by atoms with Gasteiger partial charge in [0.1, 0.15) is 29.0 Å². The topological polar surface area (TPSA) is 93.9 Å². The Kier molecular flexibility index (Phi) is 3.66. The maximum Gasteiger partial charge on any atom is 0.360 e. The highest BCUT2D eigenvalue weighted by Gasteiger charge is 2.24. The second-order valence-electron chi connectivity index (χ2n) is 3.80. The third kappa shape index (κ3) is 2.19. The van der Waals surface area contributed by atoms with Crippen LogP contribution in [0.5, 0.6) is 0 Å². The minimum absolute atomic E-state index is 0.0528. The number of benzene rings is 1. The molecule has 0 unspecified atom stereocenters.